The molecular weight excluding hydrogens is 268 g/mol. The summed E-state index contributed by atoms with van der Waals surface area (Å²) in [6.45, 7) is 1.27. The van der Waals surface area contributed by atoms with E-state index in [9.17, 15) is 13.2 Å². The van der Waals surface area contributed by atoms with Gasteiger partial charge < -0.3 is 4.74 Å². The molecule has 1 heterocycles. The summed E-state index contributed by atoms with van der Waals surface area (Å²) in [5, 5.41) is -1.27. The molecule has 0 fully saturated rings. The van der Waals surface area contributed by atoms with Crippen LogP contribution in [0, 0.1) is 0 Å². The van der Waals surface area contributed by atoms with Gasteiger partial charge in [0.15, 0.2) is 15.1 Å². The normalized spacial score (nSPS) is 13.1. The van der Waals surface area contributed by atoms with Crippen molar-refractivity contribution in [2.45, 2.75) is 17.9 Å². The van der Waals surface area contributed by atoms with Crippen LogP contribution in [-0.2, 0) is 25.1 Å². The number of rotatable bonds is 4. The molecule has 6 nitrogen and oxygen atoms in total. The summed E-state index contributed by atoms with van der Waals surface area (Å²) in [4.78, 5) is 18.5. The van der Waals surface area contributed by atoms with Gasteiger partial charge >= 0.3 is 5.97 Å². The van der Waals surface area contributed by atoms with Crippen LogP contribution in [0.1, 0.15) is 12.6 Å². The first kappa shape index (κ1) is 13.9. The zero-order chi connectivity index (χ0) is 13.1. The Hall–Kier alpha value is -1.21. The molecule has 0 bridgehead atoms. The molecule has 1 rings (SSSR count). The summed E-state index contributed by atoms with van der Waals surface area (Å²) in [5.74, 6) is -1.18. The number of hydrogen-bond acceptors (Lipinski definition) is 6. The van der Waals surface area contributed by atoms with Crippen LogP contribution in [0.2, 0.25) is 5.28 Å². The average Bonchev–Trinajstić information content (AvgIpc) is 2.26. The Morgan fingerprint density at radius 2 is 2.24 bits per heavy atom. The SMILES string of the molecule is COC(=O)C(C)S(=O)(=O)Cc1ccnc(Cl)n1. The summed E-state index contributed by atoms with van der Waals surface area (Å²) in [6.07, 6.45) is 1.35. The first-order valence-electron chi connectivity index (χ1n) is 4.63. The molecule has 0 saturated heterocycles. The number of hydrogen-bond donors (Lipinski definition) is 0. The van der Waals surface area contributed by atoms with E-state index < -0.39 is 21.1 Å². The van der Waals surface area contributed by atoms with Gasteiger partial charge in [0.1, 0.15) is 0 Å². The standard InChI is InChI=1S/C9H11ClN2O4S/c1-6(8(13)16-2)17(14,15)5-7-3-4-11-9(10)12-7/h3-4,6H,5H2,1-2H3. The molecule has 1 aromatic rings. The molecule has 0 saturated carbocycles. The van der Waals surface area contributed by atoms with E-state index in [0.29, 0.717) is 0 Å². The highest BCUT2D eigenvalue weighted by atomic mass is 35.5. The fourth-order valence-corrected chi connectivity index (χ4v) is 2.47. The van der Waals surface area contributed by atoms with Gasteiger partial charge in [-0.1, -0.05) is 0 Å². The van der Waals surface area contributed by atoms with Crippen molar-refractivity contribution in [3.05, 3.63) is 23.2 Å². The first-order chi connectivity index (χ1) is 7.86. The third-order valence-corrected chi connectivity index (χ3v) is 4.25. The number of methoxy groups -OCH3 is 1. The molecule has 1 unspecified atom stereocenters. The van der Waals surface area contributed by atoms with Gasteiger partial charge in [-0.25, -0.2) is 18.4 Å². The van der Waals surface area contributed by atoms with E-state index in [2.05, 4.69) is 14.7 Å². The third-order valence-electron chi connectivity index (χ3n) is 2.10. The van der Waals surface area contributed by atoms with Gasteiger partial charge in [0.25, 0.3) is 0 Å². The van der Waals surface area contributed by atoms with Crippen molar-refractivity contribution in [3.63, 3.8) is 0 Å². The third kappa shape index (κ3) is 3.64. The lowest BCUT2D eigenvalue weighted by molar-refractivity contribution is -0.139. The summed E-state index contributed by atoms with van der Waals surface area (Å²) in [6, 6.07) is 1.42. The highest BCUT2D eigenvalue weighted by molar-refractivity contribution is 7.91. The van der Waals surface area contributed by atoms with E-state index in [0.717, 1.165) is 7.11 Å². The summed E-state index contributed by atoms with van der Waals surface area (Å²) >= 11 is 5.53. The monoisotopic (exact) mass is 278 g/mol. The van der Waals surface area contributed by atoms with Crippen molar-refractivity contribution in [1.82, 2.24) is 9.97 Å². The van der Waals surface area contributed by atoms with Gasteiger partial charge in [0, 0.05) is 6.20 Å². The molecule has 0 aliphatic heterocycles. The predicted octanol–water partition coefficient (Wildman–Crippen LogP) is 0.606. The molecule has 0 radical (unpaired) electrons. The number of ether oxygens (including phenoxy) is 1. The fraction of sp³-hybridized carbons (Fsp3) is 0.444. The summed E-state index contributed by atoms with van der Waals surface area (Å²) in [5.41, 5.74) is 0.237. The molecule has 94 valence electrons. The van der Waals surface area contributed by atoms with Gasteiger partial charge in [-0.15, -0.1) is 0 Å². The van der Waals surface area contributed by atoms with E-state index in [1.165, 1.54) is 19.2 Å². The zero-order valence-electron chi connectivity index (χ0n) is 9.25. The van der Waals surface area contributed by atoms with E-state index in [1.807, 2.05) is 0 Å². The molecule has 0 spiro atoms. The Bertz CT molecular complexity index is 517. The zero-order valence-corrected chi connectivity index (χ0v) is 10.8. The Labute approximate surface area is 104 Å². The molecular formula is C9H11ClN2O4S. The topological polar surface area (TPSA) is 86.2 Å². The first-order valence-corrected chi connectivity index (χ1v) is 6.73. The molecule has 0 aliphatic carbocycles. The number of halogens is 1. The van der Waals surface area contributed by atoms with Crippen LogP contribution in [0.15, 0.2) is 12.3 Å². The second-order valence-electron chi connectivity index (χ2n) is 3.29. The highest BCUT2D eigenvalue weighted by Gasteiger charge is 2.29. The number of esters is 1. The predicted molar refractivity (Wildman–Crippen MR) is 61.1 cm³/mol. The van der Waals surface area contributed by atoms with E-state index in [1.54, 1.807) is 0 Å². The number of nitrogens with zero attached hydrogens (tertiary/aromatic N) is 2. The van der Waals surface area contributed by atoms with Gasteiger partial charge in [-0.05, 0) is 24.6 Å². The van der Waals surface area contributed by atoms with Crippen LogP contribution in [0.3, 0.4) is 0 Å². The molecule has 0 aromatic carbocycles. The maximum atomic E-state index is 11.8. The lowest BCUT2D eigenvalue weighted by atomic mass is 10.5. The minimum atomic E-state index is -3.66. The van der Waals surface area contributed by atoms with Crippen molar-refractivity contribution in [1.29, 1.82) is 0 Å². The van der Waals surface area contributed by atoms with Crippen molar-refractivity contribution in [2.75, 3.05) is 7.11 Å². The minimum absolute atomic E-state index is 0.0385. The van der Waals surface area contributed by atoms with Crippen LogP contribution >= 0.6 is 11.6 Å². The number of carbonyl (C=O) groups is 1. The van der Waals surface area contributed by atoms with Crippen molar-refractivity contribution in [2.24, 2.45) is 0 Å². The lowest BCUT2D eigenvalue weighted by Gasteiger charge is -2.10. The van der Waals surface area contributed by atoms with Crippen molar-refractivity contribution >= 4 is 27.4 Å². The average molecular weight is 279 g/mol. The van der Waals surface area contributed by atoms with Crippen LogP contribution in [-0.4, -0.2) is 36.7 Å². The maximum Gasteiger partial charge on any atom is 0.323 e. The quantitative estimate of drug-likeness (QED) is 0.592. The largest absolute Gasteiger partial charge is 0.468 e. The Morgan fingerprint density at radius 1 is 1.59 bits per heavy atom. The van der Waals surface area contributed by atoms with Crippen LogP contribution in [0.25, 0.3) is 0 Å². The summed E-state index contributed by atoms with van der Waals surface area (Å²) in [7, 11) is -2.53. The van der Waals surface area contributed by atoms with Gasteiger partial charge in [0.05, 0.1) is 18.6 Å². The van der Waals surface area contributed by atoms with Crippen LogP contribution in [0.4, 0.5) is 0 Å². The van der Waals surface area contributed by atoms with E-state index >= 15 is 0 Å². The molecule has 0 amide bonds. The Morgan fingerprint density at radius 3 is 2.76 bits per heavy atom. The van der Waals surface area contributed by atoms with Gasteiger partial charge in [-0.2, -0.15) is 0 Å². The summed E-state index contributed by atoms with van der Waals surface area (Å²) < 4.78 is 28.0. The van der Waals surface area contributed by atoms with Gasteiger partial charge in [0.2, 0.25) is 5.28 Å². The Kier molecular flexibility index (Phi) is 4.41. The second-order valence-corrected chi connectivity index (χ2v) is 5.95. The second kappa shape index (κ2) is 5.42. The number of aromatic nitrogens is 2. The molecule has 1 atom stereocenters. The molecule has 17 heavy (non-hydrogen) atoms. The Balaban J connectivity index is 2.90. The molecule has 1 aromatic heterocycles. The lowest BCUT2D eigenvalue weighted by Crippen LogP contribution is -2.29. The number of carbonyl (C=O) groups excluding carboxylic acids is 1. The van der Waals surface area contributed by atoms with Crippen molar-refractivity contribution < 1.29 is 17.9 Å². The maximum absolute atomic E-state index is 11.8. The molecule has 8 heteroatoms. The highest BCUT2D eigenvalue weighted by Crippen LogP contribution is 2.11. The fourth-order valence-electron chi connectivity index (χ4n) is 1.09. The smallest absolute Gasteiger partial charge is 0.323 e. The van der Waals surface area contributed by atoms with Crippen molar-refractivity contribution in [3.8, 4) is 0 Å². The number of sulfone groups is 1. The van der Waals surface area contributed by atoms with Crippen LogP contribution < -0.4 is 0 Å². The van der Waals surface area contributed by atoms with Gasteiger partial charge in [-0.3, -0.25) is 4.79 Å². The minimum Gasteiger partial charge on any atom is -0.468 e. The van der Waals surface area contributed by atoms with E-state index in [4.69, 9.17) is 11.6 Å². The van der Waals surface area contributed by atoms with Crippen LogP contribution in [0.5, 0.6) is 0 Å². The molecule has 0 N–H and O–H groups in total. The van der Waals surface area contributed by atoms with E-state index in [-0.39, 0.29) is 16.7 Å². The molecule has 0 aliphatic rings.